The lowest BCUT2D eigenvalue weighted by Crippen LogP contribution is -2.55. The Balaban J connectivity index is 0.000000908. The van der Waals surface area contributed by atoms with Crippen molar-refractivity contribution in [1.82, 2.24) is 10.2 Å². The number of carbonyl (C=O) groups is 3. The van der Waals surface area contributed by atoms with E-state index in [0.29, 0.717) is 30.9 Å². The smallest absolute Gasteiger partial charge is 0.240 e. The van der Waals surface area contributed by atoms with Gasteiger partial charge in [0.1, 0.15) is 11.8 Å². The van der Waals surface area contributed by atoms with Gasteiger partial charge >= 0.3 is 0 Å². The molecule has 9 nitrogen and oxygen atoms in total. The van der Waals surface area contributed by atoms with Gasteiger partial charge in [0.05, 0.1) is 33.0 Å². The molecule has 3 N–H and O–H groups in total. The van der Waals surface area contributed by atoms with Crippen LogP contribution in [0.2, 0.25) is 0 Å². The van der Waals surface area contributed by atoms with E-state index >= 15 is 0 Å². The molecule has 0 bridgehead atoms. The van der Waals surface area contributed by atoms with E-state index in [1.165, 1.54) is 38.5 Å². The average molecular weight is 680 g/mol. The summed E-state index contributed by atoms with van der Waals surface area (Å²) in [4.78, 5) is 40.4. The predicted molar refractivity (Wildman–Crippen MR) is 197 cm³/mol. The molecule has 0 heterocycles. The van der Waals surface area contributed by atoms with Crippen LogP contribution in [0.4, 0.5) is 0 Å². The highest BCUT2D eigenvalue weighted by molar-refractivity contribution is 5.92. The number of rotatable bonds is 17. The minimum atomic E-state index is -1.14. The number of ether oxygens (including phenoxy) is 3. The Hall–Kier alpha value is -3.69. The Kier molecular flexibility index (Phi) is 18.1. The highest BCUT2D eigenvalue weighted by Crippen LogP contribution is 2.33. The fourth-order valence-electron chi connectivity index (χ4n) is 5.71. The summed E-state index contributed by atoms with van der Waals surface area (Å²) in [6.45, 7) is 7.47. The minimum absolute atomic E-state index is 0.0189. The molecule has 1 amide bonds. The van der Waals surface area contributed by atoms with Crippen LogP contribution in [0.3, 0.4) is 0 Å². The van der Waals surface area contributed by atoms with Crippen LogP contribution in [0, 0.1) is 5.92 Å². The van der Waals surface area contributed by atoms with Crippen LogP contribution in [0.5, 0.6) is 11.5 Å². The number of hydrogen-bond acceptors (Lipinski definition) is 8. The fourth-order valence-corrected chi connectivity index (χ4v) is 5.71. The van der Waals surface area contributed by atoms with Gasteiger partial charge in [-0.1, -0.05) is 87.9 Å². The van der Waals surface area contributed by atoms with E-state index in [0.717, 1.165) is 22.7 Å². The number of nitrogens with zero attached hydrogens (tertiary/aromatic N) is 1. The molecule has 272 valence electrons. The monoisotopic (exact) mass is 679 g/mol. The van der Waals surface area contributed by atoms with Crippen LogP contribution in [0.1, 0.15) is 103 Å². The Labute approximate surface area is 294 Å². The van der Waals surface area contributed by atoms with Gasteiger partial charge in [-0.25, -0.2) is 0 Å². The molecule has 1 aliphatic carbocycles. The molecule has 0 aromatic heterocycles. The van der Waals surface area contributed by atoms with E-state index in [9.17, 15) is 14.4 Å². The van der Waals surface area contributed by atoms with E-state index in [-0.39, 0.29) is 30.5 Å². The Morgan fingerprint density at radius 3 is 2.14 bits per heavy atom. The van der Waals surface area contributed by atoms with Crippen molar-refractivity contribution in [3.05, 3.63) is 71.4 Å². The maximum atomic E-state index is 13.3. The Bertz CT molecular complexity index is 1330. The third kappa shape index (κ3) is 15.2. The van der Waals surface area contributed by atoms with Crippen LogP contribution < -0.4 is 20.5 Å². The first-order valence-electron chi connectivity index (χ1n) is 17.6. The van der Waals surface area contributed by atoms with Crippen LogP contribution in [0.25, 0.3) is 0 Å². The summed E-state index contributed by atoms with van der Waals surface area (Å²) in [5, 5.41) is 2.76. The van der Waals surface area contributed by atoms with Crippen molar-refractivity contribution in [3.8, 4) is 11.5 Å². The number of benzene rings is 2. The Morgan fingerprint density at radius 2 is 1.59 bits per heavy atom. The predicted octanol–water partition coefficient (Wildman–Crippen LogP) is 6.98. The third-order valence-electron chi connectivity index (χ3n) is 8.91. The zero-order valence-electron chi connectivity index (χ0n) is 31.2. The van der Waals surface area contributed by atoms with Crippen LogP contribution >= 0.6 is 0 Å². The molecule has 49 heavy (non-hydrogen) atoms. The molecule has 1 saturated carbocycles. The lowest BCUT2D eigenvalue weighted by atomic mass is 9.91. The zero-order valence-corrected chi connectivity index (χ0v) is 31.2. The quantitative estimate of drug-likeness (QED) is 0.172. The van der Waals surface area contributed by atoms with E-state index in [1.54, 1.807) is 41.1 Å². The second kappa shape index (κ2) is 21.4. The normalized spacial score (nSPS) is 15.2. The molecule has 2 atom stereocenters. The topological polar surface area (TPSA) is 120 Å². The highest BCUT2D eigenvalue weighted by atomic mass is 16.5. The molecule has 9 heteroatoms. The summed E-state index contributed by atoms with van der Waals surface area (Å²) >= 11 is 0. The summed E-state index contributed by atoms with van der Waals surface area (Å²) in [6.07, 6.45) is 12.0. The van der Waals surface area contributed by atoms with E-state index in [1.807, 2.05) is 67.5 Å². The number of hydrogen-bond donors (Lipinski definition) is 2. The largest absolute Gasteiger partial charge is 0.493 e. The molecule has 0 unspecified atom stereocenters. The average Bonchev–Trinajstić information content (AvgIpc) is 3.32. The lowest BCUT2D eigenvalue weighted by molar-refractivity contribution is -0.131. The summed E-state index contributed by atoms with van der Waals surface area (Å²) in [5.74, 6) is 1.22. The SMILES string of the molecule is CC1CCCCCC1.COc1ccc([C@H](C/C=C(/CCC(=O)[C@@H](COCc2ccccc2)NC(=O)C(C)(C)N)N(C)C)C(C)=O)cc1OC. The number of amides is 1. The van der Waals surface area contributed by atoms with Gasteiger partial charge in [0, 0.05) is 32.1 Å². The van der Waals surface area contributed by atoms with Gasteiger partial charge in [0.25, 0.3) is 0 Å². The maximum Gasteiger partial charge on any atom is 0.240 e. The Morgan fingerprint density at radius 1 is 0.959 bits per heavy atom. The first-order valence-corrected chi connectivity index (χ1v) is 17.6. The van der Waals surface area contributed by atoms with Gasteiger partial charge in [-0.3, -0.25) is 14.4 Å². The van der Waals surface area contributed by atoms with Crippen LogP contribution in [-0.2, 0) is 25.7 Å². The van der Waals surface area contributed by atoms with Crippen molar-refractivity contribution in [2.45, 2.75) is 110 Å². The molecule has 3 rings (SSSR count). The first kappa shape index (κ1) is 41.5. The second-order valence-corrected chi connectivity index (χ2v) is 13.9. The molecular formula is C40H61N3O6. The van der Waals surface area contributed by atoms with Crippen molar-refractivity contribution < 1.29 is 28.6 Å². The molecular weight excluding hydrogens is 618 g/mol. The number of methoxy groups -OCH3 is 2. The number of nitrogens with one attached hydrogen (secondary N) is 1. The summed E-state index contributed by atoms with van der Waals surface area (Å²) in [6, 6.07) is 14.2. The molecule has 0 aliphatic heterocycles. The van der Waals surface area contributed by atoms with Gasteiger partial charge in [-0.2, -0.15) is 0 Å². The summed E-state index contributed by atoms with van der Waals surface area (Å²) in [7, 11) is 6.92. The van der Waals surface area contributed by atoms with E-state index < -0.39 is 17.5 Å². The number of ketones is 2. The van der Waals surface area contributed by atoms with Gasteiger partial charge < -0.3 is 30.2 Å². The number of allylic oxidation sites excluding steroid dienone is 2. The highest BCUT2D eigenvalue weighted by Gasteiger charge is 2.28. The summed E-state index contributed by atoms with van der Waals surface area (Å²) < 4.78 is 16.5. The van der Waals surface area contributed by atoms with Crippen LogP contribution in [0.15, 0.2) is 60.3 Å². The van der Waals surface area contributed by atoms with E-state index in [2.05, 4.69) is 12.2 Å². The maximum absolute atomic E-state index is 13.3. The number of carbonyl (C=O) groups excluding carboxylic acids is 3. The second-order valence-electron chi connectivity index (χ2n) is 13.9. The number of nitrogens with two attached hydrogens (primary N) is 1. The molecule has 2 aromatic carbocycles. The molecule has 0 spiro atoms. The zero-order chi connectivity index (χ0) is 36.4. The van der Waals surface area contributed by atoms with Crippen molar-refractivity contribution in [2.24, 2.45) is 11.7 Å². The van der Waals surface area contributed by atoms with Crippen molar-refractivity contribution in [3.63, 3.8) is 0 Å². The van der Waals surface area contributed by atoms with Crippen LogP contribution in [-0.4, -0.2) is 68.9 Å². The molecule has 2 aromatic rings. The van der Waals surface area contributed by atoms with Gasteiger partial charge in [0.15, 0.2) is 17.3 Å². The molecule has 0 radical (unpaired) electrons. The lowest BCUT2D eigenvalue weighted by Gasteiger charge is -2.24. The van der Waals surface area contributed by atoms with Crippen molar-refractivity contribution in [1.29, 1.82) is 0 Å². The first-order chi connectivity index (χ1) is 23.3. The third-order valence-corrected chi connectivity index (χ3v) is 8.91. The van der Waals surface area contributed by atoms with Crippen molar-refractivity contribution >= 4 is 17.5 Å². The van der Waals surface area contributed by atoms with Gasteiger partial charge in [-0.15, -0.1) is 0 Å². The number of Topliss-reactive ketones (excluding diaryl/α,β-unsaturated/α-hetero) is 2. The van der Waals surface area contributed by atoms with E-state index in [4.69, 9.17) is 19.9 Å². The molecule has 0 saturated heterocycles. The summed E-state index contributed by atoms with van der Waals surface area (Å²) in [5.41, 5.74) is 7.51. The van der Waals surface area contributed by atoms with Crippen molar-refractivity contribution in [2.75, 3.05) is 34.9 Å². The molecule has 1 fully saturated rings. The fraction of sp³-hybridized carbons (Fsp3) is 0.575. The van der Waals surface area contributed by atoms with Gasteiger partial charge in [0.2, 0.25) is 5.91 Å². The molecule has 1 aliphatic rings. The van der Waals surface area contributed by atoms with Gasteiger partial charge in [-0.05, 0) is 62.8 Å². The standard InChI is InChI=1S/C32H45N3O6.C8H16/c1-22(36)26(24-13-18-29(39-6)30(19-24)40-7)16-14-25(35(4)5)15-17-28(37)27(34-31(38)32(2,3)33)21-41-20-23-11-9-8-10-12-23;1-8-6-4-2-3-5-7-8/h8-14,18-19,26-27H,15-17,20-21,33H2,1-7H3,(H,34,38);8H,2-7H2,1H3/b25-14-;/t26-,27-;/m1./s1. The minimum Gasteiger partial charge on any atom is -0.493 e.